The Labute approximate surface area is 96.9 Å². The van der Waals surface area contributed by atoms with Crippen molar-refractivity contribution in [2.75, 3.05) is 19.6 Å². The second-order valence-electron chi connectivity index (χ2n) is 3.52. The largest absolute Gasteiger partial charge is 0.497 e. The second-order valence-corrected chi connectivity index (χ2v) is 3.52. The Morgan fingerprint density at radius 3 is 2.88 bits per heavy atom. The van der Waals surface area contributed by atoms with Crippen molar-refractivity contribution in [3.05, 3.63) is 18.2 Å². The minimum Gasteiger partial charge on any atom is -0.497 e. The average Bonchev–Trinajstić information content (AvgIpc) is 2.95. The molecule has 0 amide bonds. The maximum absolute atomic E-state index is 5.50. The lowest BCUT2D eigenvalue weighted by Crippen LogP contribution is -1.93. The quantitative estimate of drug-likeness (QED) is 0.851. The number of methoxy groups -OCH3 is 1. The number of aromatic nitrogens is 1. The Bertz CT molecular complexity index is 565. The highest BCUT2D eigenvalue weighted by Gasteiger charge is 2.22. The SMILES string of the molecule is COc1cc2c(c(-c3cc(N)on3)c1)OCO2. The van der Waals surface area contributed by atoms with Gasteiger partial charge >= 0.3 is 0 Å². The highest BCUT2D eigenvalue weighted by molar-refractivity contribution is 5.74. The third kappa shape index (κ3) is 1.54. The fourth-order valence-corrected chi connectivity index (χ4v) is 1.71. The molecule has 6 nitrogen and oxygen atoms in total. The molecule has 0 bridgehead atoms. The van der Waals surface area contributed by atoms with Crippen LogP contribution in [0.5, 0.6) is 17.2 Å². The van der Waals surface area contributed by atoms with E-state index in [2.05, 4.69) is 5.16 Å². The van der Waals surface area contributed by atoms with Crippen LogP contribution in [-0.2, 0) is 0 Å². The molecule has 2 aromatic rings. The summed E-state index contributed by atoms with van der Waals surface area (Å²) in [6.45, 7) is 0.183. The Kier molecular flexibility index (Phi) is 2.07. The van der Waals surface area contributed by atoms with Crippen LogP contribution in [0.3, 0.4) is 0 Å². The number of hydrogen-bond donors (Lipinski definition) is 1. The van der Waals surface area contributed by atoms with Crippen molar-refractivity contribution in [2.45, 2.75) is 0 Å². The fourth-order valence-electron chi connectivity index (χ4n) is 1.71. The van der Waals surface area contributed by atoms with Gasteiger partial charge in [-0.2, -0.15) is 0 Å². The van der Waals surface area contributed by atoms with Crippen LogP contribution in [-0.4, -0.2) is 19.1 Å². The molecule has 0 aliphatic carbocycles. The molecular weight excluding hydrogens is 224 g/mol. The van der Waals surface area contributed by atoms with Crippen LogP contribution in [0.25, 0.3) is 11.3 Å². The van der Waals surface area contributed by atoms with Crippen LogP contribution in [0.4, 0.5) is 5.88 Å². The zero-order valence-electron chi connectivity index (χ0n) is 9.10. The molecule has 1 aliphatic rings. The van der Waals surface area contributed by atoms with E-state index in [1.165, 1.54) is 0 Å². The molecule has 17 heavy (non-hydrogen) atoms. The number of hydrogen-bond acceptors (Lipinski definition) is 6. The van der Waals surface area contributed by atoms with Gasteiger partial charge in [-0.1, -0.05) is 5.16 Å². The van der Waals surface area contributed by atoms with Crippen LogP contribution in [0.1, 0.15) is 0 Å². The zero-order chi connectivity index (χ0) is 11.8. The van der Waals surface area contributed by atoms with E-state index in [1.807, 2.05) is 0 Å². The van der Waals surface area contributed by atoms with Gasteiger partial charge in [0.15, 0.2) is 11.5 Å². The molecule has 2 heterocycles. The first-order valence-electron chi connectivity index (χ1n) is 4.98. The van der Waals surface area contributed by atoms with E-state index in [0.717, 1.165) is 5.56 Å². The van der Waals surface area contributed by atoms with Gasteiger partial charge in [0.25, 0.3) is 0 Å². The first-order chi connectivity index (χ1) is 8.28. The minimum absolute atomic E-state index is 0.183. The molecule has 88 valence electrons. The molecule has 3 rings (SSSR count). The predicted octanol–water partition coefficient (Wildman–Crippen LogP) is 1.66. The smallest absolute Gasteiger partial charge is 0.231 e. The fraction of sp³-hybridized carbons (Fsp3) is 0.182. The lowest BCUT2D eigenvalue weighted by atomic mass is 10.1. The molecule has 0 radical (unpaired) electrons. The van der Waals surface area contributed by atoms with E-state index in [9.17, 15) is 0 Å². The molecule has 0 spiro atoms. The van der Waals surface area contributed by atoms with Gasteiger partial charge < -0.3 is 24.5 Å². The first kappa shape index (κ1) is 9.83. The Hall–Kier alpha value is -2.37. The first-order valence-corrected chi connectivity index (χ1v) is 4.98. The van der Waals surface area contributed by atoms with Crippen molar-refractivity contribution in [3.8, 4) is 28.5 Å². The molecule has 0 atom stereocenters. The number of anilines is 1. The maximum Gasteiger partial charge on any atom is 0.231 e. The summed E-state index contributed by atoms with van der Waals surface area (Å²) in [5, 5.41) is 3.85. The molecule has 0 saturated carbocycles. The summed E-state index contributed by atoms with van der Waals surface area (Å²) < 4.78 is 20.7. The minimum atomic E-state index is 0.183. The Balaban J connectivity index is 2.18. The van der Waals surface area contributed by atoms with Gasteiger partial charge in [0, 0.05) is 12.1 Å². The number of nitrogens with two attached hydrogens (primary N) is 1. The Morgan fingerprint density at radius 1 is 1.29 bits per heavy atom. The van der Waals surface area contributed by atoms with Gasteiger partial charge in [-0.05, 0) is 6.07 Å². The van der Waals surface area contributed by atoms with E-state index in [-0.39, 0.29) is 12.7 Å². The van der Waals surface area contributed by atoms with Gasteiger partial charge in [-0.15, -0.1) is 0 Å². The summed E-state index contributed by atoms with van der Waals surface area (Å²) in [5.74, 6) is 2.15. The number of ether oxygens (including phenoxy) is 3. The summed E-state index contributed by atoms with van der Waals surface area (Å²) in [6.07, 6.45) is 0. The predicted molar refractivity (Wildman–Crippen MR) is 59.0 cm³/mol. The molecule has 0 fully saturated rings. The number of nitrogens with zero attached hydrogens (tertiary/aromatic N) is 1. The molecule has 6 heteroatoms. The van der Waals surface area contributed by atoms with Crippen LogP contribution in [0, 0.1) is 0 Å². The monoisotopic (exact) mass is 234 g/mol. The summed E-state index contributed by atoms with van der Waals surface area (Å²) in [7, 11) is 1.58. The maximum atomic E-state index is 5.50. The van der Waals surface area contributed by atoms with E-state index >= 15 is 0 Å². The molecule has 2 N–H and O–H groups in total. The highest BCUT2D eigenvalue weighted by atomic mass is 16.7. The summed E-state index contributed by atoms with van der Waals surface area (Å²) in [4.78, 5) is 0. The summed E-state index contributed by atoms with van der Waals surface area (Å²) in [5.41, 5.74) is 6.82. The van der Waals surface area contributed by atoms with Crippen molar-refractivity contribution < 1.29 is 18.7 Å². The van der Waals surface area contributed by atoms with Gasteiger partial charge in [0.1, 0.15) is 11.4 Å². The zero-order valence-corrected chi connectivity index (χ0v) is 9.10. The molecular formula is C11H10N2O4. The van der Waals surface area contributed by atoms with Crippen molar-refractivity contribution >= 4 is 5.88 Å². The third-order valence-electron chi connectivity index (χ3n) is 2.49. The third-order valence-corrected chi connectivity index (χ3v) is 2.49. The lowest BCUT2D eigenvalue weighted by molar-refractivity contribution is 0.174. The topological polar surface area (TPSA) is 79.7 Å². The van der Waals surface area contributed by atoms with E-state index in [4.69, 9.17) is 24.5 Å². The van der Waals surface area contributed by atoms with Crippen molar-refractivity contribution in [3.63, 3.8) is 0 Å². The van der Waals surface area contributed by atoms with Crippen molar-refractivity contribution in [2.24, 2.45) is 0 Å². The van der Waals surface area contributed by atoms with Crippen molar-refractivity contribution in [1.82, 2.24) is 5.16 Å². The van der Waals surface area contributed by atoms with Crippen LogP contribution in [0.2, 0.25) is 0 Å². The van der Waals surface area contributed by atoms with Gasteiger partial charge in [-0.25, -0.2) is 0 Å². The van der Waals surface area contributed by atoms with E-state index < -0.39 is 0 Å². The van der Waals surface area contributed by atoms with Gasteiger partial charge in [0.2, 0.25) is 12.7 Å². The van der Waals surface area contributed by atoms with Crippen LogP contribution < -0.4 is 19.9 Å². The second kappa shape index (κ2) is 3.58. The highest BCUT2D eigenvalue weighted by Crippen LogP contribution is 2.44. The summed E-state index contributed by atoms with van der Waals surface area (Å²) in [6, 6.07) is 5.18. The van der Waals surface area contributed by atoms with Crippen molar-refractivity contribution in [1.29, 1.82) is 0 Å². The van der Waals surface area contributed by atoms with E-state index in [0.29, 0.717) is 22.9 Å². The number of benzene rings is 1. The molecule has 1 aromatic carbocycles. The average molecular weight is 234 g/mol. The van der Waals surface area contributed by atoms with Crippen LogP contribution >= 0.6 is 0 Å². The number of nitrogen functional groups attached to an aromatic ring is 1. The number of rotatable bonds is 2. The normalized spacial score (nSPS) is 12.8. The molecule has 0 saturated heterocycles. The number of fused-ring (bicyclic) bond motifs is 1. The Morgan fingerprint density at radius 2 is 2.18 bits per heavy atom. The molecule has 1 aromatic heterocycles. The van der Waals surface area contributed by atoms with Crippen LogP contribution in [0.15, 0.2) is 22.7 Å². The molecule has 0 unspecified atom stereocenters. The lowest BCUT2D eigenvalue weighted by Gasteiger charge is -2.05. The van der Waals surface area contributed by atoms with Gasteiger partial charge in [-0.3, -0.25) is 0 Å². The molecule has 1 aliphatic heterocycles. The van der Waals surface area contributed by atoms with E-state index in [1.54, 1.807) is 25.3 Å². The van der Waals surface area contributed by atoms with Gasteiger partial charge in [0.05, 0.1) is 12.7 Å². The standard InChI is InChI=1S/C11H10N2O4/c1-14-6-2-7(8-4-10(12)17-13-8)11-9(3-6)15-5-16-11/h2-4H,5,12H2,1H3. The summed E-state index contributed by atoms with van der Waals surface area (Å²) >= 11 is 0.